The molecule has 39 heavy (non-hydrogen) atoms. The van der Waals surface area contributed by atoms with Crippen LogP contribution in [0.25, 0.3) is 0 Å². The smallest absolute Gasteiger partial charge is 0.416 e. The van der Waals surface area contributed by atoms with Gasteiger partial charge in [0.05, 0.1) is 12.7 Å². The van der Waals surface area contributed by atoms with Gasteiger partial charge in [0.15, 0.2) is 0 Å². The van der Waals surface area contributed by atoms with Crippen LogP contribution in [-0.2, 0) is 6.18 Å². The first-order valence-corrected chi connectivity index (χ1v) is 13.8. The van der Waals surface area contributed by atoms with Crippen LogP contribution in [0.1, 0.15) is 65.9 Å². The molecule has 1 aliphatic heterocycles. The molecule has 4 nitrogen and oxygen atoms in total. The van der Waals surface area contributed by atoms with Gasteiger partial charge in [-0.15, -0.1) is 0 Å². The molecule has 2 fully saturated rings. The van der Waals surface area contributed by atoms with Crippen molar-refractivity contribution in [3.05, 3.63) is 95.6 Å². The summed E-state index contributed by atoms with van der Waals surface area (Å²) in [6.07, 6.45) is 1.81. The van der Waals surface area contributed by atoms with Crippen molar-refractivity contribution in [2.45, 2.75) is 62.7 Å². The van der Waals surface area contributed by atoms with Crippen LogP contribution in [0.3, 0.4) is 0 Å². The number of halogens is 3. The summed E-state index contributed by atoms with van der Waals surface area (Å²) in [5, 5.41) is 0. The lowest BCUT2D eigenvalue weighted by molar-refractivity contribution is -0.137. The van der Waals surface area contributed by atoms with Crippen LogP contribution < -0.4 is 9.64 Å². The number of carbonyl (C=O) groups is 1. The molecule has 1 aliphatic carbocycles. The Labute approximate surface area is 228 Å². The van der Waals surface area contributed by atoms with Crippen molar-refractivity contribution in [1.82, 2.24) is 4.90 Å². The summed E-state index contributed by atoms with van der Waals surface area (Å²) in [6, 6.07) is 23.0. The van der Waals surface area contributed by atoms with Crippen LogP contribution in [0.5, 0.6) is 5.75 Å². The van der Waals surface area contributed by atoms with E-state index in [-0.39, 0.29) is 11.6 Å². The zero-order valence-electron chi connectivity index (χ0n) is 22.2. The highest BCUT2D eigenvalue weighted by Gasteiger charge is 2.37. The maximum Gasteiger partial charge on any atom is 0.416 e. The van der Waals surface area contributed by atoms with Gasteiger partial charge in [-0.3, -0.25) is 9.69 Å². The van der Waals surface area contributed by atoms with Gasteiger partial charge in [0.25, 0.3) is 5.91 Å². The van der Waals surface area contributed by atoms with E-state index in [4.69, 9.17) is 4.74 Å². The van der Waals surface area contributed by atoms with Crippen LogP contribution >= 0.6 is 0 Å². The molecule has 2 aliphatic rings. The number of methoxy groups -OCH3 is 1. The van der Waals surface area contributed by atoms with Crippen molar-refractivity contribution >= 4 is 11.6 Å². The topological polar surface area (TPSA) is 32.8 Å². The molecular weight excluding hydrogens is 501 g/mol. The number of hydrogen-bond acceptors (Lipinski definition) is 3. The highest BCUT2D eigenvalue weighted by atomic mass is 19.4. The number of benzene rings is 3. The molecule has 3 aromatic rings. The molecule has 7 heteroatoms. The summed E-state index contributed by atoms with van der Waals surface area (Å²) in [6.45, 7) is 1.70. The third-order valence-electron chi connectivity index (χ3n) is 8.30. The molecular formula is C32H35F3N2O2. The number of carbonyl (C=O) groups excluding carboxylic acids is 1. The summed E-state index contributed by atoms with van der Waals surface area (Å²) >= 11 is 0. The Bertz CT molecular complexity index is 1240. The summed E-state index contributed by atoms with van der Waals surface area (Å²) in [4.78, 5) is 18.1. The third-order valence-corrected chi connectivity index (χ3v) is 8.30. The molecule has 1 saturated carbocycles. The molecule has 0 N–H and O–H groups in total. The van der Waals surface area contributed by atoms with Gasteiger partial charge in [0.1, 0.15) is 5.75 Å². The summed E-state index contributed by atoms with van der Waals surface area (Å²) in [5.41, 5.74) is 1.28. The van der Waals surface area contributed by atoms with E-state index in [1.807, 2.05) is 12.1 Å². The predicted molar refractivity (Wildman–Crippen MR) is 147 cm³/mol. The Hall–Kier alpha value is -3.32. The first kappa shape index (κ1) is 27.3. The van der Waals surface area contributed by atoms with Gasteiger partial charge >= 0.3 is 6.18 Å². The molecule has 1 heterocycles. The van der Waals surface area contributed by atoms with Crippen molar-refractivity contribution in [3.63, 3.8) is 0 Å². The first-order valence-electron chi connectivity index (χ1n) is 13.8. The van der Waals surface area contributed by atoms with Crippen LogP contribution in [-0.4, -0.2) is 43.1 Å². The van der Waals surface area contributed by atoms with E-state index in [0.29, 0.717) is 23.4 Å². The molecule has 0 bridgehead atoms. The Morgan fingerprint density at radius 3 is 2.23 bits per heavy atom. The number of alkyl halides is 3. The number of amides is 1. The average Bonchev–Trinajstić information content (AvgIpc) is 2.98. The fourth-order valence-corrected chi connectivity index (χ4v) is 6.32. The van der Waals surface area contributed by atoms with E-state index >= 15 is 0 Å². The van der Waals surface area contributed by atoms with Crippen LogP contribution in [0.15, 0.2) is 78.9 Å². The largest absolute Gasteiger partial charge is 0.497 e. The molecule has 0 aromatic heterocycles. The van der Waals surface area contributed by atoms with E-state index in [1.54, 1.807) is 24.1 Å². The lowest BCUT2D eigenvalue weighted by atomic mass is 9.78. The molecule has 1 saturated heterocycles. The van der Waals surface area contributed by atoms with Crippen LogP contribution in [0.2, 0.25) is 0 Å². The van der Waals surface area contributed by atoms with E-state index in [0.717, 1.165) is 44.5 Å². The standard InChI is InChI=1S/C32H35F3N2O2/c1-39-28-16-14-26(15-17-28)37(31(38)24-10-7-11-25(22-24)32(33,34)35)27-18-20-36(21-19-27)30-13-6-5-12-29(30)23-8-3-2-4-9-23/h2-4,7-11,14-17,22,27,29-30H,5-6,12-13,18-21H2,1H3. The number of nitrogens with zero attached hydrogens (tertiary/aromatic N) is 2. The van der Waals surface area contributed by atoms with Gasteiger partial charge in [-0.25, -0.2) is 0 Å². The molecule has 1 amide bonds. The van der Waals surface area contributed by atoms with Gasteiger partial charge in [0, 0.05) is 36.4 Å². The van der Waals surface area contributed by atoms with Gasteiger partial charge < -0.3 is 9.64 Å². The normalized spacial score (nSPS) is 20.9. The highest BCUT2D eigenvalue weighted by molar-refractivity contribution is 6.06. The van der Waals surface area contributed by atoms with Crippen molar-refractivity contribution in [2.24, 2.45) is 0 Å². The van der Waals surface area contributed by atoms with E-state index < -0.39 is 17.6 Å². The predicted octanol–water partition coefficient (Wildman–Crippen LogP) is 7.55. The first-order chi connectivity index (χ1) is 18.8. The molecule has 2 atom stereocenters. The van der Waals surface area contributed by atoms with Gasteiger partial charge in [-0.05, 0) is 79.6 Å². The van der Waals surface area contributed by atoms with E-state index in [2.05, 4.69) is 35.2 Å². The Kier molecular flexibility index (Phi) is 8.26. The Balaban J connectivity index is 1.38. The number of anilines is 1. The number of likely N-dealkylation sites (tertiary alicyclic amines) is 1. The SMILES string of the molecule is COc1ccc(N(C(=O)c2cccc(C(F)(F)F)c2)C2CCN(C3CCCCC3c3ccccc3)CC2)cc1. The molecule has 2 unspecified atom stereocenters. The lowest BCUT2D eigenvalue weighted by Gasteiger charge is -2.45. The maximum absolute atomic E-state index is 13.8. The van der Waals surface area contributed by atoms with Crippen molar-refractivity contribution in [1.29, 1.82) is 0 Å². The minimum atomic E-state index is -4.51. The van der Waals surface area contributed by atoms with Crippen LogP contribution in [0, 0.1) is 0 Å². The second-order valence-corrected chi connectivity index (χ2v) is 10.6. The molecule has 0 radical (unpaired) electrons. The zero-order valence-corrected chi connectivity index (χ0v) is 22.2. The molecule has 0 spiro atoms. The fourth-order valence-electron chi connectivity index (χ4n) is 6.32. The Morgan fingerprint density at radius 2 is 1.56 bits per heavy atom. The third kappa shape index (κ3) is 6.14. The molecule has 206 valence electrons. The van der Waals surface area contributed by atoms with Crippen molar-refractivity contribution in [3.8, 4) is 5.75 Å². The van der Waals surface area contributed by atoms with Gasteiger partial charge in [0.2, 0.25) is 0 Å². The Morgan fingerprint density at radius 1 is 0.872 bits per heavy atom. The monoisotopic (exact) mass is 536 g/mol. The molecule has 5 rings (SSSR count). The number of rotatable bonds is 6. The number of piperidine rings is 1. The highest BCUT2D eigenvalue weighted by Crippen LogP contribution is 2.38. The molecule has 3 aromatic carbocycles. The number of ether oxygens (including phenoxy) is 1. The summed E-state index contributed by atoms with van der Waals surface area (Å²) in [5.74, 6) is 0.745. The summed E-state index contributed by atoms with van der Waals surface area (Å²) in [7, 11) is 1.57. The van der Waals surface area contributed by atoms with E-state index in [1.165, 1.54) is 37.0 Å². The zero-order chi connectivity index (χ0) is 27.4. The van der Waals surface area contributed by atoms with E-state index in [9.17, 15) is 18.0 Å². The summed E-state index contributed by atoms with van der Waals surface area (Å²) < 4.78 is 45.6. The quantitative estimate of drug-likeness (QED) is 0.326. The fraction of sp³-hybridized carbons (Fsp3) is 0.406. The second-order valence-electron chi connectivity index (χ2n) is 10.6. The second kappa shape index (κ2) is 11.8. The van der Waals surface area contributed by atoms with Crippen molar-refractivity contribution in [2.75, 3.05) is 25.1 Å². The minimum Gasteiger partial charge on any atom is -0.497 e. The van der Waals surface area contributed by atoms with Gasteiger partial charge in [-0.2, -0.15) is 13.2 Å². The average molecular weight is 537 g/mol. The number of hydrogen-bond donors (Lipinski definition) is 0. The maximum atomic E-state index is 13.8. The van der Waals surface area contributed by atoms with Crippen molar-refractivity contribution < 1.29 is 22.7 Å². The van der Waals surface area contributed by atoms with Crippen LogP contribution in [0.4, 0.5) is 18.9 Å². The van der Waals surface area contributed by atoms with Gasteiger partial charge in [-0.1, -0.05) is 49.2 Å². The lowest BCUT2D eigenvalue weighted by Crippen LogP contribution is -2.51. The minimum absolute atomic E-state index is 0.0412.